The van der Waals surface area contributed by atoms with Crippen LogP contribution in [0.1, 0.15) is 43.4 Å². The van der Waals surface area contributed by atoms with Crippen LogP contribution in [0.3, 0.4) is 0 Å². The van der Waals surface area contributed by atoms with Crippen molar-refractivity contribution in [3.05, 3.63) is 81.9 Å². The van der Waals surface area contributed by atoms with Crippen LogP contribution in [-0.4, -0.2) is 46.0 Å². The summed E-state index contributed by atoms with van der Waals surface area (Å²) < 4.78 is 0. The summed E-state index contributed by atoms with van der Waals surface area (Å²) in [4.78, 5) is 25.1. The van der Waals surface area contributed by atoms with Gasteiger partial charge in [0.05, 0.1) is 11.9 Å². The smallest absolute Gasteiger partial charge is 0.426 e. The van der Waals surface area contributed by atoms with Crippen LogP contribution in [0, 0.1) is 16.0 Å². The first-order chi connectivity index (χ1) is 14.8. The lowest BCUT2D eigenvalue weighted by Crippen LogP contribution is -2.53. The van der Waals surface area contributed by atoms with Crippen LogP contribution >= 0.6 is 0 Å². The Bertz CT molecular complexity index is 881. The standard InChI is InChI=1S/C22H28BN3O5/c1-14(2)13-17(23(28)29)24-22(27)20-18(15-9-5-3-6-10-15)21(26(30)31)19(25-20)16-11-7-4-8-12-16/h3-12,14,17-21,25,28-29H,13H2,1-2H3,(H,24,27)/t17?,18-,19-,20-,21+/m1/s1. The van der Waals surface area contributed by atoms with Crippen molar-refractivity contribution in [2.45, 2.75) is 50.3 Å². The SMILES string of the molecule is CC(C)CC(NC(=O)[C@@H]1N[C@H](c2ccccc2)[C@@H]([N+](=O)[O-])[C@@H]1c1ccccc1)B(O)O. The van der Waals surface area contributed by atoms with Gasteiger partial charge in [-0.25, -0.2) is 0 Å². The summed E-state index contributed by atoms with van der Waals surface area (Å²) in [6, 6.07) is 15.4. The van der Waals surface area contributed by atoms with Gasteiger partial charge in [0, 0.05) is 4.92 Å². The van der Waals surface area contributed by atoms with Crippen molar-refractivity contribution in [2.75, 3.05) is 0 Å². The van der Waals surface area contributed by atoms with Crippen LogP contribution in [0.4, 0.5) is 0 Å². The van der Waals surface area contributed by atoms with E-state index in [2.05, 4.69) is 10.6 Å². The van der Waals surface area contributed by atoms with E-state index in [1.54, 1.807) is 48.5 Å². The van der Waals surface area contributed by atoms with Gasteiger partial charge < -0.3 is 15.4 Å². The van der Waals surface area contributed by atoms with E-state index in [-0.39, 0.29) is 10.8 Å². The van der Waals surface area contributed by atoms with E-state index in [1.807, 2.05) is 26.0 Å². The molecule has 5 atom stereocenters. The zero-order chi connectivity index (χ0) is 22.5. The number of benzene rings is 2. The minimum atomic E-state index is -1.72. The topological polar surface area (TPSA) is 125 Å². The predicted octanol–water partition coefficient (Wildman–Crippen LogP) is 1.67. The van der Waals surface area contributed by atoms with Gasteiger partial charge >= 0.3 is 7.12 Å². The molecule has 0 aromatic heterocycles. The van der Waals surface area contributed by atoms with E-state index in [1.165, 1.54) is 0 Å². The Kier molecular flexibility index (Phi) is 7.43. The highest BCUT2D eigenvalue weighted by atomic mass is 16.6. The van der Waals surface area contributed by atoms with Crippen LogP contribution in [0.15, 0.2) is 60.7 Å². The van der Waals surface area contributed by atoms with E-state index in [4.69, 9.17) is 0 Å². The van der Waals surface area contributed by atoms with Gasteiger partial charge in [-0.15, -0.1) is 0 Å². The number of hydrogen-bond acceptors (Lipinski definition) is 6. The number of nitro groups is 1. The molecule has 1 unspecified atom stereocenters. The van der Waals surface area contributed by atoms with Crippen molar-refractivity contribution in [3.8, 4) is 0 Å². The molecule has 1 amide bonds. The molecule has 0 aliphatic carbocycles. The normalized spacial score (nSPS) is 24.0. The molecule has 0 radical (unpaired) electrons. The molecule has 0 saturated carbocycles. The van der Waals surface area contributed by atoms with Crippen molar-refractivity contribution in [1.82, 2.24) is 10.6 Å². The second-order valence-corrected chi connectivity index (χ2v) is 8.40. The number of amides is 1. The largest absolute Gasteiger partial charge is 0.475 e. The van der Waals surface area contributed by atoms with E-state index >= 15 is 0 Å². The van der Waals surface area contributed by atoms with E-state index in [0.29, 0.717) is 12.0 Å². The van der Waals surface area contributed by atoms with Crippen molar-refractivity contribution in [3.63, 3.8) is 0 Å². The molecule has 0 bridgehead atoms. The Morgan fingerprint density at radius 3 is 2.13 bits per heavy atom. The minimum absolute atomic E-state index is 0.122. The van der Waals surface area contributed by atoms with Crippen LogP contribution in [0.5, 0.6) is 0 Å². The first kappa shape index (κ1) is 22.9. The van der Waals surface area contributed by atoms with E-state index in [0.717, 1.165) is 5.56 Å². The number of hydrogen-bond donors (Lipinski definition) is 4. The molecule has 9 heteroatoms. The maximum atomic E-state index is 13.3. The Morgan fingerprint density at radius 1 is 1.10 bits per heavy atom. The number of carbonyl (C=O) groups excluding carboxylic acids is 1. The van der Waals surface area contributed by atoms with Crippen molar-refractivity contribution < 1.29 is 19.8 Å². The molecule has 1 heterocycles. The number of rotatable bonds is 8. The third kappa shape index (κ3) is 5.30. The number of carbonyl (C=O) groups is 1. The number of nitrogens with one attached hydrogen (secondary N) is 2. The molecule has 1 aliphatic rings. The summed E-state index contributed by atoms with van der Waals surface area (Å²) >= 11 is 0. The Hall–Kier alpha value is -2.75. The molecule has 31 heavy (non-hydrogen) atoms. The molecule has 8 nitrogen and oxygen atoms in total. The third-order valence-corrected chi connectivity index (χ3v) is 5.71. The average molecular weight is 425 g/mol. The summed E-state index contributed by atoms with van der Waals surface area (Å²) in [6.07, 6.45) is 0.368. The molecular formula is C22H28BN3O5. The Labute approximate surface area is 182 Å². The zero-order valence-electron chi connectivity index (χ0n) is 17.6. The lowest BCUT2D eigenvalue weighted by molar-refractivity contribution is -0.527. The first-order valence-corrected chi connectivity index (χ1v) is 10.5. The maximum Gasteiger partial charge on any atom is 0.475 e. The Balaban J connectivity index is 1.98. The van der Waals surface area contributed by atoms with Crippen molar-refractivity contribution in [2.24, 2.45) is 5.92 Å². The van der Waals surface area contributed by atoms with Gasteiger partial charge in [0.2, 0.25) is 11.9 Å². The molecule has 2 aromatic rings. The summed E-state index contributed by atoms with van der Waals surface area (Å²) in [5.41, 5.74) is 1.40. The van der Waals surface area contributed by atoms with Gasteiger partial charge in [-0.05, 0) is 23.5 Å². The fourth-order valence-electron chi connectivity index (χ4n) is 4.35. The highest BCUT2D eigenvalue weighted by Gasteiger charge is 2.54. The van der Waals surface area contributed by atoms with Gasteiger partial charge in [-0.3, -0.25) is 20.2 Å². The van der Waals surface area contributed by atoms with Gasteiger partial charge in [-0.2, -0.15) is 0 Å². The minimum Gasteiger partial charge on any atom is -0.426 e. The predicted molar refractivity (Wildman–Crippen MR) is 118 cm³/mol. The third-order valence-electron chi connectivity index (χ3n) is 5.71. The summed E-state index contributed by atoms with van der Waals surface area (Å²) in [5.74, 6) is -1.96. The van der Waals surface area contributed by atoms with Crippen molar-refractivity contribution in [1.29, 1.82) is 0 Å². The maximum absolute atomic E-state index is 13.3. The molecule has 1 aliphatic heterocycles. The van der Waals surface area contributed by atoms with E-state index in [9.17, 15) is 25.0 Å². The highest BCUT2D eigenvalue weighted by molar-refractivity contribution is 6.43. The molecule has 3 rings (SSSR count). The summed E-state index contributed by atoms with van der Waals surface area (Å²) in [7, 11) is -1.72. The van der Waals surface area contributed by atoms with Gasteiger partial charge in [0.25, 0.3) is 0 Å². The van der Waals surface area contributed by atoms with Crippen LogP contribution in [0.25, 0.3) is 0 Å². The average Bonchev–Trinajstić information content (AvgIpc) is 3.15. The van der Waals surface area contributed by atoms with Crippen LogP contribution < -0.4 is 10.6 Å². The lowest BCUT2D eigenvalue weighted by atomic mass is 9.74. The zero-order valence-corrected chi connectivity index (χ0v) is 17.6. The van der Waals surface area contributed by atoms with E-state index < -0.39 is 43.0 Å². The van der Waals surface area contributed by atoms with Gasteiger partial charge in [0.1, 0.15) is 12.1 Å². The van der Waals surface area contributed by atoms with Gasteiger partial charge in [-0.1, -0.05) is 74.5 Å². The second kappa shape index (κ2) is 10.0. The van der Waals surface area contributed by atoms with Gasteiger partial charge in [0.15, 0.2) is 0 Å². The highest BCUT2D eigenvalue weighted by Crippen LogP contribution is 2.40. The number of nitrogens with zero attached hydrogens (tertiary/aromatic N) is 1. The quantitative estimate of drug-likeness (QED) is 0.290. The summed E-state index contributed by atoms with van der Waals surface area (Å²) in [5, 5.41) is 37.5. The van der Waals surface area contributed by atoms with Crippen LogP contribution in [0.2, 0.25) is 0 Å². The molecule has 4 N–H and O–H groups in total. The first-order valence-electron chi connectivity index (χ1n) is 10.5. The fraction of sp³-hybridized carbons (Fsp3) is 0.409. The fourth-order valence-corrected chi connectivity index (χ4v) is 4.35. The molecule has 1 fully saturated rings. The summed E-state index contributed by atoms with van der Waals surface area (Å²) in [6.45, 7) is 3.83. The second-order valence-electron chi connectivity index (χ2n) is 8.40. The Morgan fingerprint density at radius 2 is 1.65 bits per heavy atom. The monoisotopic (exact) mass is 425 g/mol. The lowest BCUT2D eigenvalue weighted by Gasteiger charge is -2.24. The molecular weight excluding hydrogens is 397 g/mol. The van der Waals surface area contributed by atoms with Crippen molar-refractivity contribution >= 4 is 13.0 Å². The molecule has 1 saturated heterocycles. The molecule has 2 aromatic carbocycles. The molecule has 164 valence electrons. The molecule has 0 spiro atoms. The van der Waals surface area contributed by atoms with Crippen LogP contribution in [-0.2, 0) is 4.79 Å².